The quantitative estimate of drug-likeness (QED) is 0.791. The molecule has 0 aliphatic carbocycles. The molecule has 0 radical (unpaired) electrons. The summed E-state index contributed by atoms with van der Waals surface area (Å²) in [5.74, 6) is 1.24. The molecule has 2 atom stereocenters. The van der Waals surface area contributed by atoms with Crippen molar-refractivity contribution < 1.29 is 4.79 Å². The van der Waals surface area contributed by atoms with Crippen LogP contribution in [0.4, 0.5) is 0 Å². The maximum atomic E-state index is 12.2. The third-order valence-corrected chi connectivity index (χ3v) is 4.05. The van der Waals surface area contributed by atoms with Crippen molar-refractivity contribution in [1.82, 2.24) is 10.2 Å². The fraction of sp³-hybridized carbons (Fsp3) is 0.909. The first kappa shape index (κ1) is 12.8. The lowest BCUT2D eigenvalue weighted by atomic mass is 9.98. The van der Waals surface area contributed by atoms with Crippen LogP contribution in [0.15, 0.2) is 0 Å². The Hall–Kier alpha value is -0.220. The highest BCUT2D eigenvalue weighted by molar-refractivity contribution is 7.98. The van der Waals surface area contributed by atoms with E-state index in [1.807, 2.05) is 18.9 Å². The number of likely N-dealkylation sites (N-methyl/N-ethyl adjacent to an activating group) is 1. The average molecular weight is 230 g/mol. The van der Waals surface area contributed by atoms with Crippen molar-refractivity contribution >= 4 is 17.7 Å². The Morgan fingerprint density at radius 3 is 2.80 bits per heavy atom. The van der Waals surface area contributed by atoms with Gasteiger partial charge in [-0.3, -0.25) is 4.79 Å². The van der Waals surface area contributed by atoms with Gasteiger partial charge in [0, 0.05) is 18.8 Å². The third kappa shape index (κ3) is 2.88. The molecule has 88 valence electrons. The number of nitrogens with zero attached hydrogens (tertiary/aromatic N) is 1. The average Bonchev–Trinajstić information content (AvgIpc) is 2.64. The molecule has 0 aromatic carbocycles. The van der Waals surface area contributed by atoms with Crippen LogP contribution in [-0.4, -0.2) is 48.0 Å². The largest absolute Gasteiger partial charge is 0.341 e. The molecule has 0 spiro atoms. The number of carbonyl (C=O) groups excluding carboxylic acids is 1. The zero-order chi connectivity index (χ0) is 11.5. The lowest BCUT2D eigenvalue weighted by molar-refractivity contribution is -0.137. The van der Waals surface area contributed by atoms with Crippen LogP contribution in [0.1, 0.15) is 26.7 Å². The van der Waals surface area contributed by atoms with Crippen LogP contribution >= 0.6 is 11.8 Å². The summed E-state index contributed by atoms with van der Waals surface area (Å²) < 4.78 is 0. The predicted octanol–water partition coefficient (Wildman–Crippen LogP) is 1.34. The number of nitrogens with one attached hydrogen (secondary N) is 1. The molecule has 0 bridgehead atoms. The summed E-state index contributed by atoms with van der Waals surface area (Å²) in [6.07, 6.45) is 4.14. The first-order valence-electron chi connectivity index (χ1n) is 5.52. The lowest BCUT2D eigenvalue weighted by Gasteiger charge is -2.33. The summed E-state index contributed by atoms with van der Waals surface area (Å²) in [7, 11) is 1.91. The lowest BCUT2D eigenvalue weighted by Crippen LogP contribution is -2.54. The Bertz CT molecular complexity index is 227. The van der Waals surface area contributed by atoms with Crippen LogP contribution < -0.4 is 5.32 Å². The normalized spacial score (nSPS) is 27.7. The van der Waals surface area contributed by atoms with Crippen LogP contribution in [0, 0.1) is 0 Å². The van der Waals surface area contributed by atoms with Crippen molar-refractivity contribution in [3.63, 3.8) is 0 Å². The van der Waals surface area contributed by atoms with Gasteiger partial charge < -0.3 is 10.2 Å². The van der Waals surface area contributed by atoms with E-state index in [2.05, 4.69) is 18.5 Å². The topological polar surface area (TPSA) is 32.3 Å². The molecular weight excluding hydrogens is 208 g/mol. The van der Waals surface area contributed by atoms with E-state index in [1.165, 1.54) is 0 Å². The fourth-order valence-electron chi connectivity index (χ4n) is 2.02. The Labute approximate surface area is 97.0 Å². The number of hydrogen-bond acceptors (Lipinski definition) is 3. The Balaban J connectivity index is 2.58. The minimum absolute atomic E-state index is 0.238. The number of rotatable bonds is 4. The molecule has 1 heterocycles. The van der Waals surface area contributed by atoms with E-state index in [0.717, 1.165) is 25.1 Å². The van der Waals surface area contributed by atoms with E-state index in [9.17, 15) is 4.79 Å². The van der Waals surface area contributed by atoms with Gasteiger partial charge in [-0.05, 0) is 39.5 Å². The first-order valence-corrected chi connectivity index (χ1v) is 6.92. The second-order valence-electron chi connectivity index (χ2n) is 4.58. The molecule has 2 unspecified atom stereocenters. The summed E-state index contributed by atoms with van der Waals surface area (Å²) in [6.45, 7) is 5.09. The number of carbonyl (C=O) groups is 1. The zero-order valence-electron chi connectivity index (χ0n) is 10.2. The van der Waals surface area contributed by atoms with Gasteiger partial charge in [-0.15, -0.1) is 0 Å². The smallest absolute Gasteiger partial charge is 0.242 e. The van der Waals surface area contributed by atoms with Crippen molar-refractivity contribution in [3.8, 4) is 0 Å². The van der Waals surface area contributed by atoms with Crippen molar-refractivity contribution in [1.29, 1.82) is 0 Å². The van der Waals surface area contributed by atoms with E-state index in [4.69, 9.17) is 0 Å². The standard InChI is InChI=1S/C11H22N2OS/c1-9(8-15-4)13(3)10(14)11(2)6-5-7-12-11/h9,12H,5-8H2,1-4H3. The van der Waals surface area contributed by atoms with E-state index in [-0.39, 0.29) is 11.4 Å². The first-order chi connectivity index (χ1) is 7.01. The third-order valence-electron chi connectivity index (χ3n) is 3.23. The molecular formula is C11H22N2OS. The maximum Gasteiger partial charge on any atom is 0.242 e. The Morgan fingerprint density at radius 2 is 2.33 bits per heavy atom. The van der Waals surface area contributed by atoms with Crippen LogP contribution in [-0.2, 0) is 4.79 Å². The van der Waals surface area contributed by atoms with Crippen molar-refractivity contribution in [2.45, 2.75) is 38.3 Å². The number of thioether (sulfide) groups is 1. The van der Waals surface area contributed by atoms with Gasteiger partial charge in [0.1, 0.15) is 0 Å². The minimum atomic E-state index is -0.318. The molecule has 1 N–H and O–H groups in total. The molecule has 1 saturated heterocycles. The van der Waals surface area contributed by atoms with Gasteiger partial charge in [0.15, 0.2) is 0 Å². The SMILES string of the molecule is CSCC(C)N(C)C(=O)C1(C)CCCN1. The molecule has 3 nitrogen and oxygen atoms in total. The molecule has 0 aromatic heterocycles. The van der Waals surface area contributed by atoms with Gasteiger partial charge in [0.25, 0.3) is 0 Å². The van der Waals surface area contributed by atoms with E-state index >= 15 is 0 Å². The predicted molar refractivity (Wildman–Crippen MR) is 66.3 cm³/mol. The van der Waals surface area contributed by atoms with Crippen molar-refractivity contribution in [2.75, 3.05) is 25.6 Å². The summed E-state index contributed by atoms with van der Waals surface area (Å²) in [5.41, 5.74) is -0.318. The van der Waals surface area contributed by atoms with Crippen LogP contribution in [0.25, 0.3) is 0 Å². The molecule has 0 aromatic rings. The van der Waals surface area contributed by atoms with Gasteiger partial charge in [-0.1, -0.05) is 0 Å². The summed E-state index contributed by atoms with van der Waals surface area (Å²) in [5, 5.41) is 3.31. The summed E-state index contributed by atoms with van der Waals surface area (Å²) in [6, 6.07) is 0.312. The highest BCUT2D eigenvalue weighted by Gasteiger charge is 2.38. The number of amides is 1. The molecule has 1 fully saturated rings. The van der Waals surface area contributed by atoms with E-state index in [1.54, 1.807) is 11.8 Å². The van der Waals surface area contributed by atoms with E-state index in [0.29, 0.717) is 6.04 Å². The molecule has 15 heavy (non-hydrogen) atoms. The zero-order valence-corrected chi connectivity index (χ0v) is 11.0. The number of hydrogen-bond donors (Lipinski definition) is 1. The molecule has 1 rings (SSSR count). The van der Waals surface area contributed by atoms with Crippen LogP contribution in [0.2, 0.25) is 0 Å². The van der Waals surface area contributed by atoms with Gasteiger partial charge in [0.05, 0.1) is 5.54 Å². The second kappa shape index (κ2) is 5.21. The minimum Gasteiger partial charge on any atom is -0.341 e. The molecule has 1 amide bonds. The Morgan fingerprint density at radius 1 is 1.67 bits per heavy atom. The molecule has 4 heteroatoms. The van der Waals surface area contributed by atoms with E-state index < -0.39 is 0 Å². The molecule has 0 saturated carbocycles. The van der Waals surface area contributed by atoms with Gasteiger partial charge in [-0.2, -0.15) is 11.8 Å². The van der Waals surface area contributed by atoms with Crippen molar-refractivity contribution in [2.24, 2.45) is 0 Å². The van der Waals surface area contributed by atoms with Crippen LogP contribution in [0.3, 0.4) is 0 Å². The highest BCUT2D eigenvalue weighted by Crippen LogP contribution is 2.22. The summed E-state index contributed by atoms with van der Waals surface area (Å²) in [4.78, 5) is 14.1. The van der Waals surface area contributed by atoms with Crippen LogP contribution in [0.5, 0.6) is 0 Å². The van der Waals surface area contributed by atoms with Crippen molar-refractivity contribution in [3.05, 3.63) is 0 Å². The monoisotopic (exact) mass is 230 g/mol. The Kier molecular flexibility index (Phi) is 4.46. The fourth-order valence-corrected chi connectivity index (χ4v) is 2.73. The molecule has 1 aliphatic rings. The second-order valence-corrected chi connectivity index (χ2v) is 5.49. The van der Waals surface area contributed by atoms with Gasteiger partial charge >= 0.3 is 0 Å². The highest BCUT2D eigenvalue weighted by atomic mass is 32.2. The van der Waals surface area contributed by atoms with Gasteiger partial charge in [-0.25, -0.2) is 0 Å². The van der Waals surface area contributed by atoms with Gasteiger partial charge in [0.2, 0.25) is 5.91 Å². The maximum absolute atomic E-state index is 12.2. The molecule has 1 aliphatic heterocycles. The summed E-state index contributed by atoms with van der Waals surface area (Å²) >= 11 is 1.78.